The van der Waals surface area contributed by atoms with Crippen LogP contribution in [-0.4, -0.2) is 9.97 Å². The van der Waals surface area contributed by atoms with Crippen molar-refractivity contribution in [2.45, 2.75) is 25.7 Å². The van der Waals surface area contributed by atoms with Crippen LogP contribution in [-0.2, 0) is 6.42 Å². The van der Waals surface area contributed by atoms with Crippen molar-refractivity contribution in [2.75, 3.05) is 5.32 Å². The molecule has 33 heavy (non-hydrogen) atoms. The summed E-state index contributed by atoms with van der Waals surface area (Å²) in [6.45, 7) is 2.27. The fourth-order valence-electron chi connectivity index (χ4n) is 4.38. The number of aromatic nitrogens is 2. The molecule has 0 saturated carbocycles. The van der Waals surface area contributed by atoms with Gasteiger partial charge in [0.25, 0.3) is 0 Å². The lowest BCUT2D eigenvalue weighted by atomic mass is 9.89. The molecule has 0 radical (unpaired) electrons. The molecular formula is C30H27N3. The average molecular weight is 430 g/mol. The third-order valence-corrected chi connectivity index (χ3v) is 6.18. The zero-order chi connectivity index (χ0) is 22.5. The van der Waals surface area contributed by atoms with E-state index in [0.717, 1.165) is 35.2 Å². The van der Waals surface area contributed by atoms with Crippen molar-refractivity contribution < 1.29 is 0 Å². The number of nitrogens with one attached hydrogen (secondary N) is 1. The minimum Gasteiger partial charge on any atom is -0.340 e. The molecule has 0 aliphatic carbocycles. The fraction of sp³-hybridized carbons (Fsp3) is 0.133. The Bertz CT molecular complexity index is 1350. The maximum absolute atomic E-state index is 4.52. The van der Waals surface area contributed by atoms with Crippen LogP contribution in [0.4, 0.5) is 11.5 Å². The second-order valence-corrected chi connectivity index (χ2v) is 8.37. The first kappa shape index (κ1) is 20.9. The quantitative estimate of drug-likeness (QED) is 0.287. The molecule has 0 bridgehead atoms. The standard InChI is InChI=1S/C30H27N3/c1-2-23(24-11-5-3-6-12-24)18-22-10-9-13-25(19-22)26-16-17-29-28(20-26)30(32-21-31-29)33-27-14-7-4-8-15-27/h3-17,19-21,23H,2,18H2,1H3,(H,31,32,33). The Morgan fingerprint density at radius 1 is 0.727 bits per heavy atom. The first-order chi connectivity index (χ1) is 16.3. The molecule has 3 heteroatoms. The van der Waals surface area contributed by atoms with Crippen molar-refractivity contribution in [3.05, 3.63) is 121 Å². The van der Waals surface area contributed by atoms with E-state index in [0.29, 0.717) is 5.92 Å². The number of benzene rings is 4. The predicted molar refractivity (Wildman–Crippen MR) is 138 cm³/mol. The number of fused-ring (bicyclic) bond motifs is 1. The molecule has 5 rings (SSSR count). The SMILES string of the molecule is CCC(Cc1cccc(-c2ccc3ncnc(Nc4ccccc4)c3c2)c1)c1ccccc1. The monoisotopic (exact) mass is 429 g/mol. The molecule has 162 valence electrons. The molecule has 0 saturated heterocycles. The first-order valence-electron chi connectivity index (χ1n) is 11.5. The molecule has 1 heterocycles. The largest absolute Gasteiger partial charge is 0.340 e. The van der Waals surface area contributed by atoms with E-state index in [1.165, 1.54) is 22.3 Å². The van der Waals surface area contributed by atoms with Gasteiger partial charge in [0.2, 0.25) is 0 Å². The minimum absolute atomic E-state index is 0.521. The third-order valence-electron chi connectivity index (χ3n) is 6.18. The van der Waals surface area contributed by atoms with E-state index in [1.54, 1.807) is 6.33 Å². The first-order valence-corrected chi connectivity index (χ1v) is 11.5. The number of nitrogens with zero attached hydrogens (tertiary/aromatic N) is 2. The molecule has 1 unspecified atom stereocenters. The lowest BCUT2D eigenvalue weighted by Gasteiger charge is -2.16. The normalized spacial score (nSPS) is 11.9. The molecule has 0 amide bonds. The van der Waals surface area contributed by atoms with Gasteiger partial charge >= 0.3 is 0 Å². The number of hydrogen-bond acceptors (Lipinski definition) is 3. The van der Waals surface area contributed by atoms with Crippen LogP contribution in [0.5, 0.6) is 0 Å². The molecule has 0 aliphatic heterocycles. The summed E-state index contributed by atoms with van der Waals surface area (Å²) < 4.78 is 0. The maximum Gasteiger partial charge on any atom is 0.141 e. The van der Waals surface area contributed by atoms with Gasteiger partial charge in [0.05, 0.1) is 5.52 Å². The summed E-state index contributed by atoms with van der Waals surface area (Å²) >= 11 is 0. The molecular weight excluding hydrogens is 402 g/mol. The van der Waals surface area contributed by atoms with Gasteiger partial charge in [-0.1, -0.05) is 85.8 Å². The summed E-state index contributed by atoms with van der Waals surface area (Å²) in [6.07, 6.45) is 3.77. The van der Waals surface area contributed by atoms with Crippen LogP contribution in [0, 0.1) is 0 Å². The van der Waals surface area contributed by atoms with Crippen LogP contribution in [0.15, 0.2) is 109 Å². The average Bonchev–Trinajstić information content (AvgIpc) is 2.88. The van der Waals surface area contributed by atoms with Crippen molar-refractivity contribution >= 4 is 22.4 Å². The van der Waals surface area contributed by atoms with Gasteiger partial charge in [-0.25, -0.2) is 9.97 Å². The Labute approximate surface area is 195 Å². The van der Waals surface area contributed by atoms with Crippen molar-refractivity contribution in [3.63, 3.8) is 0 Å². The summed E-state index contributed by atoms with van der Waals surface area (Å²) in [7, 11) is 0. The Morgan fingerprint density at radius 3 is 2.27 bits per heavy atom. The van der Waals surface area contributed by atoms with Gasteiger partial charge in [-0.2, -0.15) is 0 Å². The van der Waals surface area contributed by atoms with Crippen molar-refractivity contribution in [1.29, 1.82) is 0 Å². The Morgan fingerprint density at radius 2 is 1.48 bits per heavy atom. The van der Waals surface area contributed by atoms with Crippen molar-refractivity contribution in [3.8, 4) is 11.1 Å². The number of anilines is 2. The number of hydrogen-bond donors (Lipinski definition) is 1. The van der Waals surface area contributed by atoms with E-state index in [-0.39, 0.29) is 0 Å². The van der Waals surface area contributed by atoms with Gasteiger partial charge < -0.3 is 5.32 Å². The predicted octanol–water partition coefficient (Wildman–Crippen LogP) is 7.78. The second kappa shape index (κ2) is 9.66. The zero-order valence-corrected chi connectivity index (χ0v) is 18.8. The van der Waals surface area contributed by atoms with Crippen molar-refractivity contribution in [2.24, 2.45) is 0 Å². The van der Waals surface area contributed by atoms with Gasteiger partial charge in [0.1, 0.15) is 12.1 Å². The van der Waals surface area contributed by atoms with Gasteiger partial charge in [-0.05, 0) is 65.3 Å². The Kier molecular flexibility index (Phi) is 6.12. The Hall–Kier alpha value is -3.98. The van der Waals surface area contributed by atoms with Crippen LogP contribution < -0.4 is 5.32 Å². The van der Waals surface area contributed by atoms with E-state index in [1.807, 2.05) is 30.3 Å². The molecule has 0 fully saturated rings. The molecule has 1 atom stereocenters. The Balaban J connectivity index is 1.46. The summed E-state index contributed by atoms with van der Waals surface area (Å²) in [5.74, 6) is 1.34. The van der Waals surface area contributed by atoms with Crippen LogP contribution in [0.1, 0.15) is 30.4 Å². The topological polar surface area (TPSA) is 37.8 Å². The molecule has 1 aromatic heterocycles. The lowest BCUT2D eigenvalue weighted by molar-refractivity contribution is 0.660. The highest BCUT2D eigenvalue weighted by Gasteiger charge is 2.12. The molecule has 5 aromatic rings. The van der Waals surface area contributed by atoms with Crippen molar-refractivity contribution in [1.82, 2.24) is 9.97 Å². The third kappa shape index (κ3) is 4.78. The summed E-state index contributed by atoms with van der Waals surface area (Å²) in [5, 5.41) is 4.45. The number of rotatable bonds is 7. The van der Waals surface area contributed by atoms with E-state index in [2.05, 4.69) is 95.0 Å². The molecule has 0 spiro atoms. The summed E-state index contributed by atoms with van der Waals surface area (Å²) in [5.41, 5.74) is 7.09. The lowest BCUT2D eigenvalue weighted by Crippen LogP contribution is -2.01. The van der Waals surface area contributed by atoms with Crippen LogP contribution in [0.25, 0.3) is 22.0 Å². The van der Waals surface area contributed by atoms with E-state index >= 15 is 0 Å². The highest BCUT2D eigenvalue weighted by molar-refractivity contribution is 5.93. The smallest absolute Gasteiger partial charge is 0.141 e. The van der Waals surface area contributed by atoms with Gasteiger partial charge in [0.15, 0.2) is 0 Å². The molecule has 0 aliphatic rings. The van der Waals surface area contributed by atoms with Gasteiger partial charge in [-0.15, -0.1) is 0 Å². The van der Waals surface area contributed by atoms with E-state index < -0.39 is 0 Å². The van der Waals surface area contributed by atoms with E-state index in [9.17, 15) is 0 Å². The van der Waals surface area contributed by atoms with Gasteiger partial charge in [-0.3, -0.25) is 0 Å². The van der Waals surface area contributed by atoms with Crippen LogP contribution in [0.2, 0.25) is 0 Å². The van der Waals surface area contributed by atoms with E-state index in [4.69, 9.17) is 0 Å². The highest BCUT2D eigenvalue weighted by Crippen LogP contribution is 2.30. The van der Waals surface area contributed by atoms with Gasteiger partial charge in [0, 0.05) is 11.1 Å². The minimum atomic E-state index is 0.521. The van der Waals surface area contributed by atoms with Crippen LogP contribution in [0.3, 0.4) is 0 Å². The summed E-state index contributed by atoms with van der Waals surface area (Å²) in [6, 6.07) is 36.3. The molecule has 4 aromatic carbocycles. The maximum atomic E-state index is 4.52. The molecule has 1 N–H and O–H groups in total. The fourth-order valence-corrected chi connectivity index (χ4v) is 4.38. The summed E-state index contributed by atoms with van der Waals surface area (Å²) in [4.78, 5) is 8.99. The molecule has 3 nitrogen and oxygen atoms in total. The highest BCUT2D eigenvalue weighted by atomic mass is 15.0. The number of para-hydroxylation sites is 1. The zero-order valence-electron chi connectivity index (χ0n) is 18.8. The second-order valence-electron chi connectivity index (χ2n) is 8.37. The van der Waals surface area contributed by atoms with Crippen LogP contribution >= 0.6 is 0 Å².